The average molecular weight is 263 g/mol. The Morgan fingerprint density at radius 3 is 2.39 bits per heavy atom. The highest BCUT2D eigenvalue weighted by Crippen LogP contribution is 2.36. The number of aryl methyl sites for hydroxylation is 1. The molecule has 2 heteroatoms. The first-order valence-corrected chi connectivity index (χ1v) is 8.15. The molecule has 100 valence electrons. The summed E-state index contributed by atoms with van der Waals surface area (Å²) in [6.45, 7) is 4.27. The van der Waals surface area contributed by atoms with Gasteiger partial charge in [0.05, 0.1) is 0 Å². The highest BCUT2D eigenvalue weighted by Gasteiger charge is 2.21. The molecular formula is C16H25NS. The van der Waals surface area contributed by atoms with Crippen LogP contribution < -0.4 is 5.73 Å². The van der Waals surface area contributed by atoms with Crippen LogP contribution >= 0.6 is 11.8 Å². The van der Waals surface area contributed by atoms with Crippen molar-refractivity contribution in [3.8, 4) is 0 Å². The van der Waals surface area contributed by atoms with Gasteiger partial charge < -0.3 is 5.73 Å². The molecule has 1 saturated carbocycles. The summed E-state index contributed by atoms with van der Waals surface area (Å²) in [5, 5.41) is 0.450. The molecule has 0 spiro atoms. The maximum atomic E-state index is 6.17. The van der Waals surface area contributed by atoms with E-state index in [2.05, 4.69) is 49.9 Å². The van der Waals surface area contributed by atoms with Crippen molar-refractivity contribution < 1.29 is 0 Å². The molecule has 0 radical (unpaired) electrons. The molecular weight excluding hydrogens is 238 g/mol. The zero-order chi connectivity index (χ0) is 13.0. The molecule has 1 aromatic carbocycles. The Labute approximate surface area is 116 Å². The summed E-state index contributed by atoms with van der Waals surface area (Å²) in [6, 6.07) is 9.09. The maximum absolute atomic E-state index is 6.17. The van der Waals surface area contributed by atoms with E-state index in [1.807, 2.05) is 0 Å². The fourth-order valence-corrected chi connectivity index (χ4v) is 4.19. The first-order chi connectivity index (χ1) is 8.66. The van der Waals surface area contributed by atoms with Gasteiger partial charge in [-0.3, -0.25) is 0 Å². The average Bonchev–Trinajstić information content (AvgIpc) is 2.84. The lowest BCUT2D eigenvalue weighted by Crippen LogP contribution is -2.23. The standard InChI is InChI=1S/C16H25NS/c1-12-7-9-15(10-8-12)16(13(2)17)18-11-14-5-3-4-6-14/h7-10,13-14,16H,3-6,11,17H2,1-2H3. The van der Waals surface area contributed by atoms with Crippen molar-refractivity contribution in [3.05, 3.63) is 35.4 Å². The molecule has 1 aliphatic rings. The van der Waals surface area contributed by atoms with Gasteiger partial charge in [0.2, 0.25) is 0 Å². The molecule has 18 heavy (non-hydrogen) atoms. The first kappa shape index (κ1) is 14.0. The van der Waals surface area contributed by atoms with Crippen molar-refractivity contribution in [1.29, 1.82) is 0 Å². The van der Waals surface area contributed by atoms with E-state index in [0.717, 1.165) is 5.92 Å². The van der Waals surface area contributed by atoms with Gasteiger partial charge in [-0.25, -0.2) is 0 Å². The van der Waals surface area contributed by atoms with Crippen LogP contribution in [0.15, 0.2) is 24.3 Å². The van der Waals surface area contributed by atoms with Gasteiger partial charge in [0.1, 0.15) is 0 Å². The van der Waals surface area contributed by atoms with Gasteiger partial charge in [0, 0.05) is 11.3 Å². The Morgan fingerprint density at radius 1 is 1.22 bits per heavy atom. The van der Waals surface area contributed by atoms with Gasteiger partial charge in [-0.2, -0.15) is 11.8 Å². The Kier molecular flexibility index (Phi) is 5.13. The Balaban J connectivity index is 1.96. The molecule has 0 saturated heterocycles. The summed E-state index contributed by atoms with van der Waals surface area (Å²) in [7, 11) is 0. The summed E-state index contributed by atoms with van der Waals surface area (Å²) in [5.74, 6) is 2.21. The number of rotatable bonds is 5. The molecule has 1 aliphatic carbocycles. The molecule has 0 aromatic heterocycles. The predicted molar refractivity (Wildman–Crippen MR) is 82.0 cm³/mol. The van der Waals surface area contributed by atoms with Gasteiger partial charge in [-0.1, -0.05) is 42.7 Å². The third kappa shape index (κ3) is 3.76. The highest BCUT2D eigenvalue weighted by molar-refractivity contribution is 7.99. The number of hydrogen-bond acceptors (Lipinski definition) is 2. The molecule has 2 atom stereocenters. The topological polar surface area (TPSA) is 26.0 Å². The second-order valence-corrected chi connectivity index (χ2v) is 6.85. The van der Waals surface area contributed by atoms with Crippen LogP contribution in [-0.4, -0.2) is 11.8 Å². The van der Waals surface area contributed by atoms with E-state index in [-0.39, 0.29) is 6.04 Å². The summed E-state index contributed by atoms with van der Waals surface area (Å²) in [4.78, 5) is 0. The van der Waals surface area contributed by atoms with Gasteiger partial charge in [-0.15, -0.1) is 0 Å². The molecule has 2 N–H and O–H groups in total. The fraction of sp³-hybridized carbons (Fsp3) is 0.625. The largest absolute Gasteiger partial charge is 0.327 e. The van der Waals surface area contributed by atoms with Crippen LogP contribution in [0, 0.1) is 12.8 Å². The van der Waals surface area contributed by atoms with Crippen LogP contribution in [0.4, 0.5) is 0 Å². The van der Waals surface area contributed by atoms with E-state index in [1.54, 1.807) is 0 Å². The number of nitrogens with two attached hydrogens (primary N) is 1. The minimum atomic E-state index is 0.221. The smallest absolute Gasteiger partial charge is 0.0445 e. The van der Waals surface area contributed by atoms with Gasteiger partial charge >= 0.3 is 0 Å². The molecule has 0 bridgehead atoms. The number of benzene rings is 1. The van der Waals surface area contributed by atoms with Crippen molar-refractivity contribution >= 4 is 11.8 Å². The van der Waals surface area contributed by atoms with Crippen LogP contribution in [0.5, 0.6) is 0 Å². The van der Waals surface area contributed by atoms with Crippen LogP contribution in [0.1, 0.15) is 49.0 Å². The molecule has 1 aromatic rings. The summed E-state index contributed by atoms with van der Waals surface area (Å²) < 4.78 is 0. The highest BCUT2D eigenvalue weighted by atomic mass is 32.2. The molecule has 0 amide bonds. The summed E-state index contributed by atoms with van der Waals surface area (Å²) in [6.07, 6.45) is 5.70. The van der Waals surface area contributed by atoms with Crippen molar-refractivity contribution in [3.63, 3.8) is 0 Å². The molecule has 0 aliphatic heterocycles. The molecule has 0 heterocycles. The first-order valence-electron chi connectivity index (χ1n) is 7.10. The van der Waals surface area contributed by atoms with E-state index in [9.17, 15) is 0 Å². The monoisotopic (exact) mass is 263 g/mol. The quantitative estimate of drug-likeness (QED) is 0.857. The van der Waals surface area contributed by atoms with E-state index in [0.29, 0.717) is 5.25 Å². The lowest BCUT2D eigenvalue weighted by atomic mass is 10.1. The predicted octanol–water partition coefficient (Wildman–Crippen LogP) is 4.31. The van der Waals surface area contributed by atoms with Crippen molar-refractivity contribution in [1.82, 2.24) is 0 Å². The SMILES string of the molecule is Cc1ccc(C(SCC2CCCC2)C(C)N)cc1. The fourth-order valence-electron chi connectivity index (χ4n) is 2.72. The Hall–Kier alpha value is -0.470. The third-order valence-electron chi connectivity index (χ3n) is 3.87. The van der Waals surface area contributed by atoms with Crippen molar-refractivity contribution in [2.24, 2.45) is 11.7 Å². The second kappa shape index (κ2) is 6.63. The molecule has 2 unspecified atom stereocenters. The van der Waals surface area contributed by atoms with Gasteiger partial charge in [-0.05, 0) is 43.9 Å². The Bertz CT molecular complexity index is 352. The number of thioether (sulfide) groups is 1. The normalized spacial score (nSPS) is 19.9. The molecule has 2 rings (SSSR count). The van der Waals surface area contributed by atoms with E-state index >= 15 is 0 Å². The van der Waals surface area contributed by atoms with Crippen LogP contribution in [0.25, 0.3) is 0 Å². The molecule has 1 fully saturated rings. The second-order valence-electron chi connectivity index (χ2n) is 5.67. The zero-order valence-electron chi connectivity index (χ0n) is 11.6. The Morgan fingerprint density at radius 2 is 1.83 bits per heavy atom. The number of hydrogen-bond donors (Lipinski definition) is 1. The van der Waals surface area contributed by atoms with E-state index in [1.165, 1.54) is 42.6 Å². The maximum Gasteiger partial charge on any atom is 0.0445 e. The minimum Gasteiger partial charge on any atom is -0.327 e. The van der Waals surface area contributed by atoms with Crippen LogP contribution in [0.2, 0.25) is 0 Å². The lowest BCUT2D eigenvalue weighted by Gasteiger charge is -2.22. The van der Waals surface area contributed by atoms with Crippen molar-refractivity contribution in [2.45, 2.75) is 50.8 Å². The van der Waals surface area contributed by atoms with Crippen LogP contribution in [-0.2, 0) is 0 Å². The summed E-state index contributed by atoms with van der Waals surface area (Å²) in [5.41, 5.74) is 8.88. The van der Waals surface area contributed by atoms with E-state index < -0.39 is 0 Å². The minimum absolute atomic E-state index is 0.221. The van der Waals surface area contributed by atoms with Crippen molar-refractivity contribution in [2.75, 3.05) is 5.75 Å². The third-order valence-corrected chi connectivity index (χ3v) is 5.59. The molecule has 1 nitrogen and oxygen atoms in total. The van der Waals surface area contributed by atoms with E-state index in [4.69, 9.17) is 5.73 Å². The lowest BCUT2D eigenvalue weighted by molar-refractivity contribution is 0.618. The van der Waals surface area contributed by atoms with Gasteiger partial charge in [0.25, 0.3) is 0 Å². The van der Waals surface area contributed by atoms with Crippen LogP contribution in [0.3, 0.4) is 0 Å². The zero-order valence-corrected chi connectivity index (χ0v) is 12.4. The summed E-state index contributed by atoms with van der Waals surface area (Å²) >= 11 is 2.06. The van der Waals surface area contributed by atoms with Gasteiger partial charge in [0.15, 0.2) is 0 Å².